The van der Waals surface area contributed by atoms with Gasteiger partial charge in [-0.05, 0) is 43.0 Å². The summed E-state index contributed by atoms with van der Waals surface area (Å²) in [7, 11) is 0. The SMILES string of the molecule is O=C(c1cc(C(F)(F)F)cc(C(F)(F)F)c1)N1CCC(N2CCC(O)CC2)C(c2ccccc2)C1. The number of benzene rings is 2. The summed E-state index contributed by atoms with van der Waals surface area (Å²) in [4.78, 5) is 16.8. The fourth-order valence-corrected chi connectivity index (χ4v) is 5.07. The molecule has 0 bridgehead atoms. The summed E-state index contributed by atoms with van der Waals surface area (Å²) in [6, 6.07) is 10.4. The average Bonchev–Trinajstić information content (AvgIpc) is 2.83. The number of hydrogen-bond donors (Lipinski definition) is 1. The maximum absolute atomic E-state index is 13.3. The van der Waals surface area contributed by atoms with Crippen molar-refractivity contribution in [3.05, 3.63) is 70.8 Å². The minimum Gasteiger partial charge on any atom is -0.393 e. The van der Waals surface area contributed by atoms with Crippen molar-refractivity contribution < 1.29 is 36.2 Å². The number of hydrogen-bond acceptors (Lipinski definition) is 3. The third kappa shape index (κ3) is 5.81. The molecule has 4 rings (SSSR count). The molecule has 2 fully saturated rings. The van der Waals surface area contributed by atoms with Crippen LogP contribution in [0.15, 0.2) is 48.5 Å². The monoisotopic (exact) mass is 500 g/mol. The minimum atomic E-state index is -5.02. The second-order valence-corrected chi connectivity index (χ2v) is 9.19. The molecule has 2 heterocycles. The van der Waals surface area contributed by atoms with Crippen LogP contribution in [-0.4, -0.2) is 59.1 Å². The fourth-order valence-electron chi connectivity index (χ4n) is 5.07. The summed E-state index contributed by atoms with van der Waals surface area (Å²) < 4.78 is 79.8. The van der Waals surface area contributed by atoms with Crippen molar-refractivity contribution in [2.24, 2.45) is 0 Å². The molecule has 1 amide bonds. The Balaban J connectivity index is 1.63. The van der Waals surface area contributed by atoms with Gasteiger partial charge in [0.25, 0.3) is 5.91 Å². The fraction of sp³-hybridized carbons (Fsp3) is 0.480. The lowest BCUT2D eigenvalue weighted by atomic mass is 9.83. The van der Waals surface area contributed by atoms with Crippen LogP contribution in [0.5, 0.6) is 0 Å². The first-order chi connectivity index (χ1) is 16.4. The highest BCUT2D eigenvalue weighted by atomic mass is 19.4. The van der Waals surface area contributed by atoms with Gasteiger partial charge in [0.05, 0.1) is 17.2 Å². The van der Waals surface area contributed by atoms with Crippen LogP contribution in [0.25, 0.3) is 0 Å². The van der Waals surface area contributed by atoms with Crippen molar-refractivity contribution in [1.29, 1.82) is 0 Å². The van der Waals surface area contributed by atoms with Gasteiger partial charge in [-0.1, -0.05) is 30.3 Å². The van der Waals surface area contributed by atoms with E-state index >= 15 is 0 Å². The molecular formula is C25H26F6N2O2. The summed E-state index contributed by atoms with van der Waals surface area (Å²) in [5.74, 6) is -1.02. The molecular weight excluding hydrogens is 474 g/mol. The Bertz CT molecular complexity index is 1000. The summed E-state index contributed by atoms with van der Waals surface area (Å²) in [6.45, 7) is 1.75. The second-order valence-electron chi connectivity index (χ2n) is 9.19. The van der Waals surface area contributed by atoms with Gasteiger partial charge < -0.3 is 10.0 Å². The van der Waals surface area contributed by atoms with E-state index in [1.807, 2.05) is 30.3 Å². The standard InChI is InChI=1S/C25H26F6N2O2/c26-24(27,28)18-12-17(13-19(14-18)25(29,30)31)23(35)33-11-8-22(32-9-6-20(34)7-10-32)21(15-33)16-4-2-1-3-5-16/h1-5,12-14,20-22,34H,6-11,15H2. The van der Waals surface area contributed by atoms with Crippen LogP contribution in [0.3, 0.4) is 0 Å². The van der Waals surface area contributed by atoms with Crippen molar-refractivity contribution in [1.82, 2.24) is 9.80 Å². The summed E-state index contributed by atoms with van der Waals surface area (Å²) in [5.41, 5.74) is -2.69. The Morgan fingerprint density at radius 1 is 0.829 bits per heavy atom. The minimum absolute atomic E-state index is 0.0283. The molecule has 2 aromatic rings. The lowest BCUT2D eigenvalue weighted by Crippen LogP contribution is -2.53. The lowest BCUT2D eigenvalue weighted by molar-refractivity contribution is -0.143. The number of aliphatic hydroxyl groups is 1. The average molecular weight is 500 g/mol. The van der Waals surface area contributed by atoms with Crippen LogP contribution in [0.4, 0.5) is 26.3 Å². The van der Waals surface area contributed by atoms with Crippen molar-refractivity contribution in [2.45, 2.75) is 49.7 Å². The quantitative estimate of drug-likeness (QED) is 0.591. The van der Waals surface area contributed by atoms with Crippen molar-refractivity contribution >= 4 is 5.91 Å². The van der Waals surface area contributed by atoms with Gasteiger partial charge in [0.2, 0.25) is 0 Å². The predicted octanol–water partition coefficient (Wildman–Crippen LogP) is 5.18. The highest BCUT2D eigenvalue weighted by molar-refractivity contribution is 5.95. The van der Waals surface area contributed by atoms with Gasteiger partial charge in [-0.25, -0.2) is 0 Å². The normalized spacial score (nSPS) is 22.9. The molecule has 0 saturated carbocycles. The Morgan fingerprint density at radius 3 is 1.94 bits per heavy atom. The van der Waals surface area contributed by atoms with E-state index in [0.29, 0.717) is 44.5 Å². The number of alkyl halides is 6. The van der Waals surface area contributed by atoms with E-state index in [-0.39, 0.29) is 37.2 Å². The van der Waals surface area contributed by atoms with Crippen LogP contribution >= 0.6 is 0 Å². The van der Waals surface area contributed by atoms with Crippen LogP contribution in [-0.2, 0) is 12.4 Å². The molecule has 2 aliphatic heterocycles. The van der Waals surface area contributed by atoms with E-state index < -0.39 is 35.0 Å². The van der Waals surface area contributed by atoms with Gasteiger partial charge in [-0.15, -0.1) is 0 Å². The molecule has 35 heavy (non-hydrogen) atoms. The first kappa shape index (κ1) is 25.5. The number of aliphatic hydroxyl groups excluding tert-OH is 1. The van der Waals surface area contributed by atoms with E-state index in [4.69, 9.17) is 0 Å². The molecule has 10 heteroatoms. The maximum atomic E-state index is 13.3. The number of amides is 1. The maximum Gasteiger partial charge on any atom is 0.416 e. The molecule has 2 atom stereocenters. The third-order valence-electron chi connectivity index (χ3n) is 6.89. The molecule has 2 aromatic carbocycles. The number of carbonyl (C=O) groups excluding carboxylic acids is 1. The van der Waals surface area contributed by atoms with Gasteiger partial charge in [0.1, 0.15) is 0 Å². The number of carbonyl (C=O) groups is 1. The molecule has 0 aromatic heterocycles. The first-order valence-electron chi connectivity index (χ1n) is 11.5. The number of likely N-dealkylation sites (tertiary alicyclic amines) is 2. The van der Waals surface area contributed by atoms with Gasteiger partial charge in [-0.2, -0.15) is 26.3 Å². The van der Waals surface area contributed by atoms with E-state index in [9.17, 15) is 36.2 Å². The lowest BCUT2D eigenvalue weighted by Gasteiger charge is -2.46. The Morgan fingerprint density at radius 2 is 1.40 bits per heavy atom. The molecule has 190 valence electrons. The van der Waals surface area contributed by atoms with Crippen LogP contribution < -0.4 is 0 Å². The van der Waals surface area contributed by atoms with E-state index in [1.165, 1.54) is 4.90 Å². The van der Waals surface area contributed by atoms with Gasteiger partial charge in [0.15, 0.2) is 0 Å². The highest BCUT2D eigenvalue weighted by Gasteiger charge is 2.40. The van der Waals surface area contributed by atoms with Gasteiger partial charge in [0, 0.05) is 43.7 Å². The molecule has 0 spiro atoms. The van der Waals surface area contributed by atoms with E-state index in [1.54, 1.807) is 0 Å². The summed E-state index contributed by atoms with van der Waals surface area (Å²) in [6.07, 6.45) is -8.61. The van der Waals surface area contributed by atoms with E-state index in [0.717, 1.165) is 5.56 Å². The molecule has 4 nitrogen and oxygen atoms in total. The van der Waals surface area contributed by atoms with Crippen LogP contribution in [0.2, 0.25) is 0 Å². The summed E-state index contributed by atoms with van der Waals surface area (Å²) >= 11 is 0. The molecule has 2 aliphatic rings. The van der Waals surface area contributed by atoms with Crippen molar-refractivity contribution in [2.75, 3.05) is 26.2 Å². The summed E-state index contributed by atoms with van der Waals surface area (Å²) in [5, 5.41) is 9.87. The van der Waals surface area contributed by atoms with Crippen molar-refractivity contribution in [3.8, 4) is 0 Å². The predicted molar refractivity (Wildman–Crippen MR) is 117 cm³/mol. The number of rotatable bonds is 3. The number of halogens is 6. The molecule has 0 aliphatic carbocycles. The third-order valence-corrected chi connectivity index (χ3v) is 6.89. The zero-order valence-corrected chi connectivity index (χ0v) is 18.8. The van der Waals surface area contributed by atoms with E-state index in [2.05, 4.69) is 4.90 Å². The Kier molecular flexibility index (Phi) is 7.15. The van der Waals surface area contributed by atoms with Gasteiger partial charge in [-0.3, -0.25) is 9.69 Å². The molecule has 1 N–H and O–H groups in total. The Labute approximate surface area is 199 Å². The number of nitrogens with zero attached hydrogens (tertiary/aromatic N) is 2. The smallest absolute Gasteiger partial charge is 0.393 e. The highest BCUT2D eigenvalue weighted by Crippen LogP contribution is 2.38. The second kappa shape index (κ2) is 9.81. The molecule has 2 unspecified atom stereocenters. The first-order valence-corrected chi connectivity index (χ1v) is 11.5. The zero-order chi connectivity index (χ0) is 25.4. The molecule has 0 radical (unpaired) electrons. The van der Waals surface area contributed by atoms with Crippen LogP contribution in [0, 0.1) is 0 Å². The molecule has 2 saturated heterocycles. The van der Waals surface area contributed by atoms with Crippen molar-refractivity contribution in [3.63, 3.8) is 0 Å². The van der Waals surface area contributed by atoms with Gasteiger partial charge >= 0.3 is 12.4 Å². The topological polar surface area (TPSA) is 43.8 Å². The Hall–Kier alpha value is -2.59. The number of piperidine rings is 2. The van der Waals surface area contributed by atoms with Crippen LogP contribution in [0.1, 0.15) is 52.2 Å². The largest absolute Gasteiger partial charge is 0.416 e. The zero-order valence-electron chi connectivity index (χ0n) is 18.8.